The molecule has 0 spiro atoms. The van der Waals surface area contributed by atoms with Gasteiger partial charge in [-0.3, -0.25) is 0 Å². The van der Waals surface area contributed by atoms with E-state index in [4.69, 9.17) is 5.73 Å². The van der Waals surface area contributed by atoms with E-state index in [2.05, 4.69) is 13.8 Å². The van der Waals surface area contributed by atoms with Crippen molar-refractivity contribution in [3.05, 3.63) is 0 Å². The molecule has 3 unspecified atom stereocenters. The number of rotatable bonds is 4. The maximum atomic E-state index is 5.80. The van der Waals surface area contributed by atoms with Gasteiger partial charge in [0.15, 0.2) is 0 Å². The Bertz CT molecular complexity index is 131. The van der Waals surface area contributed by atoms with E-state index in [0.717, 1.165) is 11.8 Å². The quantitative estimate of drug-likeness (QED) is 0.711. The molecule has 1 aliphatic rings. The molecule has 1 heteroatoms. The first kappa shape index (κ1) is 11.0. The summed E-state index contributed by atoms with van der Waals surface area (Å²) in [7, 11) is 0. The van der Waals surface area contributed by atoms with Crippen LogP contribution in [-0.2, 0) is 0 Å². The summed E-state index contributed by atoms with van der Waals surface area (Å²) in [5.41, 5.74) is 5.80. The normalized spacial score (nSPS) is 31.6. The summed E-state index contributed by atoms with van der Waals surface area (Å²) >= 11 is 0. The average molecular weight is 183 g/mol. The average Bonchev–Trinajstić information content (AvgIpc) is 2.15. The zero-order valence-corrected chi connectivity index (χ0v) is 9.26. The van der Waals surface area contributed by atoms with Crippen LogP contribution in [0.4, 0.5) is 0 Å². The maximum Gasteiger partial charge on any atom is 0.00105 e. The van der Waals surface area contributed by atoms with Gasteiger partial charge in [0.2, 0.25) is 0 Å². The SMILES string of the molecule is CCC1CCCCC1CCC(C)N. The van der Waals surface area contributed by atoms with Gasteiger partial charge in [0, 0.05) is 6.04 Å². The minimum Gasteiger partial charge on any atom is -0.328 e. The maximum absolute atomic E-state index is 5.80. The number of nitrogens with two attached hydrogens (primary N) is 1. The Morgan fingerprint density at radius 1 is 1.23 bits per heavy atom. The van der Waals surface area contributed by atoms with E-state index < -0.39 is 0 Å². The Balaban J connectivity index is 2.27. The molecule has 0 amide bonds. The van der Waals surface area contributed by atoms with E-state index in [9.17, 15) is 0 Å². The van der Waals surface area contributed by atoms with Crippen molar-refractivity contribution in [1.29, 1.82) is 0 Å². The molecule has 1 fully saturated rings. The van der Waals surface area contributed by atoms with Crippen LogP contribution in [0, 0.1) is 11.8 Å². The largest absolute Gasteiger partial charge is 0.328 e. The van der Waals surface area contributed by atoms with Gasteiger partial charge in [-0.25, -0.2) is 0 Å². The van der Waals surface area contributed by atoms with Crippen molar-refractivity contribution in [3.63, 3.8) is 0 Å². The minimum atomic E-state index is 0.402. The Labute approximate surface area is 83.1 Å². The molecule has 1 saturated carbocycles. The monoisotopic (exact) mass is 183 g/mol. The van der Waals surface area contributed by atoms with Crippen LogP contribution in [0.3, 0.4) is 0 Å². The topological polar surface area (TPSA) is 26.0 Å². The lowest BCUT2D eigenvalue weighted by atomic mass is 9.75. The second kappa shape index (κ2) is 5.64. The van der Waals surface area contributed by atoms with Gasteiger partial charge in [-0.05, 0) is 31.6 Å². The smallest absolute Gasteiger partial charge is 0.00105 e. The molecule has 1 nitrogen and oxygen atoms in total. The van der Waals surface area contributed by atoms with E-state index in [0.29, 0.717) is 6.04 Å². The van der Waals surface area contributed by atoms with E-state index in [1.165, 1.54) is 44.9 Å². The Morgan fingerprint density at radius 3 is 2.38 bits per heavy atom. The zero-order chi connectivity index (χ0) is 9.68. The van der Waals surface area contributed by atoms with Crippen LogP contribution in [-0.4, -0.2) is 6.04 Å². The minimum absolute atomic E-state index is 0.402. The standard InChI is InChI=1S/C12H25N/c1-3-11-6-4-5-7-12(11)9-8-10(2)13/h10-12H,3-9,13H2,1-2H3. The number of hydrogen-bond donors (Lipinski definition) is 1. The van der Waals surface area contributed by atoms with Gasteiger partial charge in [0.1, 0.15) is 0 Å². The molecule has 13 heavy (non-hydrogen) atoms. The predicted octanol–water partition coefficient (Wildman–Crippen LogP) is 3.33. The summed E-state index contributed by atoms with van der Waals surface area (Å²) in [4.78, 5) is 0. The molecule has 3 atom stereocenters. The van der Waals surface area contributed by atoms with Gasteiger partial charge in [-0.15, -0.1) is 0 Å². The molecule has 0 aliphatic heterocycles. The molecule has 0 heterocycles. The molecule has 1 aliphatic carbocycles. The van der Waals surface area contributed by atoms with Crippen LogP contribution < -0.4 is 5.73 Å². The highest BCUT2D eigenvalue weighted by Crippen LogP contribution is 2.35. The van der Waals surface area contributed by atoms with Crippen molar-refractivity contribution < 1.29 is 0 Å². The Hall–Kier alpha value is -0.0400. The van der Waals surface area contributed by atoms with E-state index >= 15 is 0 Å². The fourth-order valence-electron chi connectivity index (χ4n) is 2.68. The summed E-state index contributed by atoms with van der Waals surface area (Å²) in [5, 5.41) is 0. The van der Waals surface area contributed by atoms with Crippen molar-refractivity contribution in [2.45, 2.75) is 64.8 Å². The first-order chi connectivity index (χ1) is 6.24. The fourth-order valence-corrected chi connectivity index (χ4v) is 2.68. The molecule has 0 saturated heterocycles. The summed E-state index contributed by atoms with van der Waals surface area (Å²) in [6.07, 6.45) is 9.83. The van der Waals surface area contributed by atoms with E-state index in [1.54, 1.807) is 0 Å². The molecular weight excluding hydrogens is 158 g/mol. The van der Waals surface area contributed by atoms with Crippen LogP contribution in [0.2, 0.25) is 0 Å². The molecule has 0 bridgehead atoms. The third-order valence-corrected chi connectivity index (χ3v) is 3.58. The molecule has 0 aromatic carbocycles. The van der Waals surface area contributed by atoms with Crippen LogP contribution in [0.25, 0.3) is 0 Å². The molecule has 0 radical (unpaired) electrons. The van der Waals surface area contributed by atoms with Gasteiger partial charge < -0.3 is 5.73 Å². The first-order valence-electron chi connectivity index (χ1n) is 5.99. The molecule has 78 valence electrons. The van der Waals surface area contributed by atoms with Crippen molar-refractivity contribution in [2.24, 2.45) is 17.6 Å². The molecule has 0 aromatic heterocycles. The highest BCUT2D eigenvalue weighted by Gasteiger charge is 2.23. The molecular formula is C12H25N. The van der Waals surface area contributed by atoms with Gasteiger partial charge in [-0.1, -0.05) is 39.0 Å². The van der Waals surface area contributed by atoms with Crippen LogP contribution in [0.1, 0.15) is 58.8 Å². The Morgan fingerprint density at radius 2 is 1.85 bits per heavy atom. The highest BCUT2D eigenvalue weighted by molar-refractivity contribution is 4.75. The summed E-state index contributed by atoms with van der Waals surface area (Å²) < 4.78 is 0. The molecule has 2 N–H and O–H groups in total. The lowest BCUT2D eigenvalue weighted by Crippen LogP contribution is -2.22. The van der Waals surface area contributed by atoms with Gasteiger partial charge in [0.05, 0.1) is 0 Å². The van der Waals surface area contributed by atoms with Gasteiger partial charge in [-0.2, -0.15) is 0 Å². The first-order valence-corrected chi connectivity index (χ1v) is 5.99. The second-order valence-corrected chi connectivity index (χ2v) is 4.77. The fraction of sp³-hybridized carbons (Fsp3) is 1.00. The van der Waals surface area contributed by atoms with Crippen LogP contribution in [0.5, 0.6) is 0 Å². The number of hydrogen-bond acceptors (Lipinski definition) is 1. The third kappa shape index (κ3) is 3.68. The van der Waals surface area contributed by atoms with Gasteiger partial charge in [0.25, 0.3) is 0 Å². The van der Waals surface area contributed by atoms with E-state index in [1.807, 2.05) is 0 Å². The summed E-state index contributed by atoms with van der Waals surface area (Å²) in [6, 6.07) is 0.402. The Kier molecular flexibility index (Phi) is 4.79. The van der Waals surface area contributed by atoms with Crippen molar-refractivity contribution in [1.82, 2.24) is 0 Å². The highest BCUT2D eigenvalue weighted by atomic mass is 14.6. The van der Waals surface area contributed by atoms with Gasteiger partial charge >= 0.3 is 0 Å². The molecule has 1 rings (SSSR count). The predicted molar refractivity (Wildman–Crippen MR) is 58.6 cm³/mol. The summed E-state index contributed by atoms with van der Waals surface area (Å²) in [5.74, 6) is 2.00. The van der Waals surface area contributed by atoms with Crippen LogP contribution >= 0.6 is 0 Å². The van der Waals surface area contributed by atoms with E-state index in [-0.39, 0.29) is 0 Å². The van der Waals surface area contributed by atoms with Crippen molar-refractivity contribution >= 4 is 0 Å². The molecule has 0 aromatic rings. The zero-order valence-electron chi connectivity index (χ0n) is 9.26. The van der Waals surface area contributed by atoms with Crippen LogP contribution in [0.15, 0.2) is 0 Å². The van der Waals surface area contributed by atoms with Crippen molar-refractivity contribution in [3.8, 4) is 0 Å². The lowest BCUT2D eigenvalue weighted by molar-refractivity contribution is 0.211. The third-order valence-electron chi connectivity index (χ3n) is 3.58. The lowest BCUT2D eigenvalue weighted by Gasteiger charge is -2.31. The van der Waals surface area contributed by atoms with Crippen molar-refractivity contribution in [2.75, 3.05) is 0 Å². The second-order valence-electron chi connectivity index (χ2n) is 4.77. The summed E-state index contributed by atoms with van der Waals surface area (Å²) in [6.45, 7) is 4.47.